The third-order valence-corrected chi connectivity index (χ3v) is 3.88. The van der Waals surface area contributed by atoms with Crippen LogP contribution in [0.4, 0.5) is 5.69 Å². The van der Waals surface area contributed by atoms with Crippen LogP contribution in [-0.4, -0.2) is 47.9 Å². The fourth-order valence-electron chi connectivity index (χ4n) is 2.32. The molecule has 0 unspecified atom stereocenters. The van der Waals surface area contributed by atoms with Crippen molar-refractivity contribution in [3.8, 4) is 0 Å². The Labute approximate surface area is 119 Å². The van der Waals surface area contributed by atoms with Crippen molar-refractivity contribution in [1.29, 1.82) is 0 Å². The van der Waals surface area contributed by atoms with Gasteiger partial charge in [0.1, 0.15) is 0 Å². The smallest absolute Gasteiger partial charge is 0.255 e. The molecule has 1 aliphatic rings. The number of benzene rings is 1. The largest absolute Gasteiger partial charge is 0.399 e. The second-order valence-corrected chi connectivity index (χ2v) is 5.57. The van der Waals surface area contributed by atoms with Crippen LogP contribution in [0.5, 0.6) is 0 Å². The summed E-state index contributed by atoms with van der Waals surface area (Å²) in [6.07, 6.45) is 0. The molecule has 19 heavy (non-hydrogen) atoms. The number of nitrogen functional groups attached to an aromatic ring is 1. The molecular formula is C14H20ClN3O. The minimum Gasteiger partial charge on any atom is -0.399 e. The van der Waals surface area contributed by atoms with E-state index in [4.69, 9.17) is 17.3 Å². The van der Waals surface area contributed by atoms with Gasteiger partial charge in [0.25, 0.3) is 5.91 Å². The number of carbonyl (C=O) groups excluding carboxylic acids is 1. The van der Waals surface area contributed by atoms with Crippen molar-refractivity contribution in [1.82, 2.24) is 9.80 Å². The first kappa shape index (κ1) is 14.2. The van der Waals surface area contributed by atoms with Crippen LogP contribution in [0.2, 0.25) is 5.02 Å². The third kappa shape index (κ3) is 3.19. The van der Waals surface area contributed by atoms with E-state index in [2.05, 4.69) is 18.7 Å². The maximum atomic E-state index is 12.4. The maximum absolute atomic E-state index is 12.4. The molecule has 2 rings (SSSR count). The molecule has 1 heterocycles. The van der Waals surface area contributed by atoms with Crippen molar-refractivity contribution in [3.05, 3.63) is 28.8 Å². The molecule has 1 aromatic rings. The molecule has 0 saturated carbocycles. The summed E-state index contributed by atoms with van der Waals surface area (Å²) in [6.45, 7) is 7.63. The predicted octanol–water partition coefficient (Wildman–Crippen LogP) is 2.09. The summed E-state index contributed by atoms with van der Waals surface area (Å²) in [7, 11) is 0. The zero-order valence-electron chi connectivity index (χ0n) is 11.4. The highest BCUT2D eigenvalue weighted by Crippen LogP contribution is 2.21. The normalized spacial score (nSPS) is 16.9. The van der Waals surface area contributed by atoms with Crippen LogP contribution >= 0.6 is 11.6 Å². The molecule has 0 aliphatic carbocycles. The quantitative estimate of drug-likeness (QED) is 0.845. The number of nitrogens with zero attached hydrogens (tertiary/aromatic N) is 2. The van der Waals surface area contributed by atoms with Gasteiger partial charge in [0.15, 0.2) is 0 Å². The zero-order chi connectivity index (χ0) is 14.0. The van der Waals surface area contributed by atoms with Crippen LogP contribution in [0, 0.1) is 0 Å². The number of hydrogen-bond donors (Lipinski definition) is 1. The molecule has 1 aromatic carbocycles. The van der Waals surface area contributed by atoms with Crippen molar-refractivity contribution in [2.24, 2.45) is 0 Å². The van der Waals surface area contributed by atoms with Crippen molar-refractivity contribution in [3.63, 3.8) is 0 Å². The monoisotopic (exact) mass is 281 g/mol. The lowest BCUT2D eigenvalue weighted by molar-refractivity contribution is 0.0595. The lowest BCUT2D eigenvalue weighted by Crippen LogP contribution is -2.50. The first-order valence-electron chi connectivity index (χ1n) is 6.57. The Bertz CT molecular complexity index is 468. The van der Waals surface area contributed by atoms with E-state index in [1.165, 1.54) is 0 Å². The van der Waals surface area contributed by atoms with Crippen LogP contribution in [0.1, 0.15) is 24.2 Å². The topological polar surface area (TPSA) is 49.6 Å². The van der Waals surface area contributed by atoms with E-state index >= 15 is 0 Å². The second kappa shape index (κ2) is 5.80. The van der Waals surface area contributed by atoms with Crippen LogP contribution in [0.3, 0.4) is 0 Å². The molecule has 1 aliphatic heterocycles. The predicted molar refractivity (Wildman–Crippen MR) is 78.5 cm³/mol. The Kier molecular flexibility index (Phi) is 4.32. The van der Waals surface area contributed by atoms with E-state index in [1.54, 1.807) is 18.2 Å². The Hall–Kier alpha value is -1.26. The third-order valence-electron chi connectivity index (χ3n) is 3.55. The number of piperazine rings is 1. The number of carbonyl (C=O) groups is 1. The molecule has 1 fully saturated rings. The molecule has 1 amide bonds. The molecule has 4 nitrogen and oxygen atoms in total. The van der Waals surface area contributed by atoms with Gasteiger partial charge in [-0.3, -0.25) is 9.69 Å². The Morgan fingerprint density at radius 2 is 1.89 bits per heavy atom. The van der Waals surface area contributed by atoms with Gasteiger partial charge in [0.05, 0.1) is 10.6 Å². The van der Waals surface area contributed by atoms with Crippen molar-refractivity contribution in [2.45, 2.75) is 19.9 Å². The summed E-state index contributed by atoms with van der Waals surface area (Å²) in [5.74, 6) is -0.0271. The lowest BCUT2D eigenvalue weighted by Gasteiger charge is -2.37. The summed E-state index contributed by atoms with van der Waals surface area (Å²) >= 11 is 6.08. The van der Waals surface area contributed by atoms with Gasteiger partial charge in [-0.2, -0.15) is 0 Å². The van der Waals surface area contributed by atoms with Gasteiger partial charge in [0.2, 0.25) is 0 Å². The highest BCUT2D eigenvalue weighted by atomic mass is 35.5. The summed E-state index contributed by atoms with van der Waals surface area (Å²) in [4.78, 5) is 16.6. The SMILES string of the molecule is CC(C)N1CCN(C(=O)c2cc(N)ccc2Cl)CC1. The summed E-state index contributed by atoms with van der Waals surface area (Å²) < 4.78 is 0. The Morgan fingerprint density at radius 1 is 1.26 bits per heavy atom. The number of hydrogen-bond acceptors (Lipinski definition) is 3. The van der Waals surface area contributed by atoms with E-state index < -0.39 is 0 Å². The summed E-state index contributed by atoms with van der Waals surface area (Å²) in [6, 6.07) is 5.55. The average Bonchev–Trinajstić information content (AvgIpc) is 2.41. The van der Waals surface area contributed by atoms with Gasteiger partial charge in [-0.25, -0.2) is 0 Å². The molecule has 0 radical (unpaired) electrons. The maximum Gasteiger partial charge on any atom is 0.255 e. The van der Waals surface area contributed by atoms with E-state index in [0.717, 1.165) is 26.2 Å². The van der Waals surface area contributed by atoms with Gasteiger partial charge in [0, 0.05) is 37.9 Å². The average molecular weight is 282 g/mol. The molecule has 0 aromatic heterocycles. The van der Waals surface area contributed by atoms with Crippen LogP contribution in [0.15, 0.2) is 18.2 Å². The van der Waals surface area contributed by atoms with Crippen LogP contribution in [-0.2, 0) is 0 Å². The van der Waals surface area contributed by atoms with E-state index in [9.17, 15) is 4.79 Å². The van der Waals surface area contributed by atoms with Crippen LogP contribution < -0.4 is 5.73 Å². The summed E-state index contributed by atoms with van der Waals surface area (Å²) in [5.41, 5.74) is 6.78. The fraction of sp³-hybridized carbons (Fsp3) is 0.500. The summed E-state index contributed by atoms with van der Waals surface area (Å²) in [5, 5.41) is 0.463. The number of halogens is 1. The highest BCUT2D eigenvalue weighted by Gasteiger charge is 2.24. The van der Waals surface area contributed by atoms with E-state index in [0.29, 0.717) is 22.3 Å². The zero-order valence-corrected chi connectivity index (χ0v) is 12.2. The molecule has 0 spiro atoms. The molecule has 1 saturated heterocycles. The molecule has 5 heteroatoms. The van der Waals surface area contributed by atoms with E-state index in [1.807, 2.05) is 4.90 Å². The number of rotatable bonds is 2. The highest BCUT2D eigenvalue weighted by molar-refractivity contribution is 6.34. The van der Waals surface area contributed by atoms with Gasteiger partial charge < -0.3 is 10.6 Å². The van der Waals surface area contributed by atoms with E-state index in [-0.39, 0.29) is 5.91 Å². The van der Waals surface area contributed by atoms with Crippen molar-refractivity contribution in [2.75, 3.05) is 31.9 Å². The number of anilines is 1. The fourth-order valence-corrected chi connectivity index (χ4v) is 2.52. The molecule has 2 N–H and O–H groups in total. The second-order valence-electron chi connectivity index (χ2n) is 5.16. The lowest BCUT2D eigenvalue weighted by atomic mass is 10.1. The van der Waals surface area contributed by atoms with Gasteiger partial charge >= 0.3 is 0 Å². The molecular weight excluding hydrogens is 262 g/mol. The molecule has 0 atom stereocenters. The number of nitrogens with two attached hydrogens (primary N) is 1. The van der Waals surface area contributed by atoms with Crippen LogP contribution in [0.25, 0.3) is 0 Å². The first-order valence-corrected chi connectivity index (χ1v) is 6.95. The number of amides is 1. The van der Waals surface area contributed by atoms with Gasteiger partial charge in [-0.1, -0.05) is 11.6 Å². The Morgan fingerprint density at radius 3 is 2.47 bits per heavy atom. The Balaban J connectivity index is 2.07. The first-order chi connectivity index (χ1) is 8.99. The van der Waals surface area contributed by atoms with Crippen molar-refractivity contribution >= 4 is 23.2 Å². The minimum absolute atomic E-state index is 0.0271. The molecule has 104 valence electrons. The molecule has 0 bridgehead atoms. The van der Waals surface area contributed by atoms with Crippen molar-refractivity contribution < 1.29 is 4.79 Å². The van der Waals surface area contributed by atoms with Gasteiger partial charge in [-0.15, -0.1) is 0 Å². The van der Waals surface area contributed by atoms with Gasteiger partial charge in [-0.05, 0) is 32.0 Å². The minimum atomic E-state index is -0.0271. The standard InChI is InChI=1S/C14H20ClN3O/c1-10(2)17-5-7-18(8-6-17)14(19)12-9-11(16)3-4-13(12)15/h3-4,9-10H,5-8,16H2,1-2H3.